The molecule has 0 N–H and O–H groups in total. The summed E-state index contributed by atoms with van der Waals surface area (Å²) in [5.74, 6) is 0. The number of rotatable bonds is 9. The second-order valence-electron chi connectivity index (χ2n) is 29.3. The van der Waals surface area contributed by atoms with Gasteiger partial charge < -0.3 is 27.0 Å². The van der Waals surface area contributed by atoms with Crippen LogP contribution in [-0.4, -0.2) is 13.7 Å². The molecule has 0 aliphatic carbocycles. The van der Waals surface area contributed by atoms with Crippen LogP contribution >= 0.6 is 0 Å². The Hall–Kier alpha value is -15.2. The molecular formula is C108H69N3O3. The third kappa shape index (κ3) is 11.2. The van der Waals surface area contributed by atoms with Crippen molar-refractivity contribution in [2.24, 2.45) is 0 Å². The normalized spacial score (nSPS) is 11.7. The van der Waals surface area contributed by atoms with Gasteiger partial charge in [-0.3, -0.25) is 0 Å². The van der Waals surface area contributed by atoms with Crippen molar-refractivity contribution in [2.45, 2.75) is 0 Å². The van der Waals surface area contributed by atoms with Crippen LogP contribution in [0.25, 0.3) is 215 Å². The fourth-order valence-electron chi connectivity index (χ4n) is 17.5. The van der Waals surface area contributed by atoms with E-state index in [1.54, 1.807) is 0 Å². The Labute approximate surface area is 656 Å². The molecule has 6 heteroatoms. The van der Waals surface area contributed by atoms with E-state index in [9.17, 15) is 0 Å². The van der Waals surface area contributed by atoms with E-state index in [1.165, 1.54) is 116 Å². The summed E-state index contributed by atoms with van der Waals surface area (Å²) in [6, 6.07) is 149. The largest absolute Gasteiger partial charge is 0.455 e. The first-order valence-electron chi connectivity index (χ1n) is 38.8. The van der Waals surface area contributed by atoms with Crippen molar-refractivity contribution in [3.63, 3.8) is 0 Å². The number of hydrogen-bond acceptors (Lipinski definition) is 3. The quantitative estimate of drug-likeness (QED) is 0.145. The number of aromatic nitrogens is 3. The van der Waals surface area contributed by atoms with E-state index in [2.05, 4.69) is 396 Å². The van der Waals surface area contributed by atoms with E-state index < -0.39 is 0 Å². The van der Waals surface area contributed by atoms with Gasteiger partial charge in [0.1, 0.15) is 33.5 Å². The van der Waals surface area contributed by atoms with Crippen LogP contribution in [0.4, 0.5) is 0 Å². The van der Waals surface area contributed by atoms with Gasteiger partial charge in [-0.2, -0.15) is 0 Å². The van der Waals surface area contributed by atoms with Gasteiger partial charge in [-0.1, -0.05) is 328 Å². The van der Waals surface area contributed by atoms with Gasteiger partial charge in [0.2, 0.25) is 0 Å². The van der Waals surface area contributed by atoms with Gasteiger partial charge in [-0.15, -0.1) is 0 Å². The molecular weight excluding hydrogens is 1390 g/mol. The second kappa shape index (κ2) is 27.4. The lowest BCUT2D eigenvalue weighted by atomic mass is 9.98. The Morgan fingerprint density at radius 2 is 0.368 bits per heavy atom. The molecule has 0 fully saturated rings. The molecule has 0 saturated carbocycles. The lowest BCUT2D eigenvalue weighted by Crippen LogP contribution is -1.93. The van der Waals surface area contributed by atoms with Crippen molar-refractivity contribution < 1.29 is 13.3 Å². The molecule has 6 aromatic heterocycles. The first-order valence-corrected chi connectivity index (χ1v) is 38.8. The molecule has 0 unspecified atom stereocenters. The standard InChI is InChI=1S/3C36H23NO/c1-4-13-33-29(8-1)30-9-2-5-14-34(30)37(33)27-22-20-25(21-23-27)24-16-18-26(19-17-24)28-11-7-12-32-31-10-3-6-15-35(31)38-36(28)32;2*1-2-9-27(10-3-1)37-33-15-6-4-11-29(33)30-22-21-26(23-34(30)37)24-17-19-25(20-18-24)28-13-8-14-32-31-12-5-7-16-35(31)38-36(28)32/h3*1-23H. The van der Waals surface area contributed by atoms with Crippen LogP contribution in [0.15, 0.2) is 432 Å². The van der Waals surface area contributed by atoms with Crippen molar-refractivity contribution >= 4 is 131 Å². The second-order valence-corrected chi connectivity index (χ2v) is 29.3. The summed E-state index contributed by atoms with van der Waals surface area (Å²) in [6.45, 7) is 0. The molecule has 0 bridgehead atoms. The lowest BCUT2D eigenvalue weighted by Gasteiger charge is -2.10. The lowest BCUT2D eigenvalue weighted by molar-refractivity contribution is 0.669. The van der Waals surface area contributed by atoms with Crippen molar-refractivity contribution in [1.82, 2.24) is 13.7 Å². The molecule has 0 aliphatic rings. The predicted octanol–water partition coefficient (Wildman–Crippen LogP) is 30.1. The Kier molecular flexibility index (Phi) is 15.8. The van der Waals surface area contributed by atoms with Gasteiger partial charge in [0.05, 0.1) is 33.1 Å². The van der Waals surface area contributed by atoms with E-state index >= 15 is 0 Å². The van der Waals surface area contributed by atoms with Crippen molar-refractivity contribution in [3.8, 4) is 83.8 Å². The molecule has 24 aromatic rings. The first kappa shape index (κ1) is 65.8. The summed E-state index contributed by atoms with van der Waals surface area (Å²) < 4.78 is 25.9. The molecule has 0 radical (unpaired) electrons. The van der Waals surface area contributed by atoms with Gasteiger partial charge in [0, 0.05) is 98.4 Å². The Morgan fingerprint density at radius 3 is 0.702 bits per heavy atom. The molecule has 6 heterocycles. The molecule has 0 atom stereocenters. The number of nitrogens with zero attached hydrogens (tertiary/aromatic N) is 3. The molecule has 0 spiro atoms. The molecule has 114 heavy (non-hydrogen) atoms. The van der Waals surface area contributed by atoms with Crippen LogP contribution in [0, 0.1) is 0 Å². The molecule has 0 saturated heterocycles. The smallest absolute Gasteiger partial charge is 0.143 e. The molecule has 0 aliphatic heterocycles. The van der Waals surface area contributed by atoms with E-state index in [-0.39, 0.29) is 0 Å². The number of para-hydroxylation sites is 12. The highest BCUT2D eigenvalue weighted by Gasteiger charge is 2.20. The number of fused-ring (bicyclic) bond motifs is 18. The monoisotopic (exact) mass is 1460 g/mol. The Morgan fingerprint density at radius 1 is 0.140 bits per heavy atom. The zero-order valence-corrected chi connectivity index (χ0v) is 61.9. The van der Waals surface area contributed by atoms with Crippen molar-refractivity contribution in [2.75, 3.05) is 0 Å². The van der Waals surface area contributed by atoms with Crippen LogP contribution in [0.2, 0.25) is 0 Å². The fourth-order valence-corrected chi connectivity index (χ4v) is 17.5. The zero-order valence-electron chi connectivity index (χ0n) is 61.9. The topological polar surface area (TPSA) is 54.2 Å². The molecule has 6 nitrogen and oxygen atoms in total. The maximum atomic E-state index is 6.28. The van der Waals surface area contributed by atoms with E-state index in [1.807, 2.05) is 36.4 Å². The van der Waals surface area contributed by atoms with Crippen LogP contribution < -0.4 is 0 Å². The van der Waals surface area contributed by atoms with Gasteiger partial charge in [-0.25, -0.2) is 0 Å². The van der Waals surface area contributed by atoms with Gasteiger partial charge in [0.25, 0.3) is 0 Å². The average Bonchev–Trinajstić information content (AvgIpc) is 1.59. The summed E-state index contributed by atoms with van der Waals surface area (Å²) >= 11 is 0. The summed E-state index contributed by atoms with van der Waals surface area (Å²) in [5.41, 5.74) is 30.4. The van der Waals surface area contributed by atoms with Gasteiger partial charge in [-0.05, 0) is 141 Å². The minimum Gasteiger partial charge on any atom is -0.455 e. The van der Waals surface area contributed by atoms with E-state index in [0.29, 0.717) is 0 Å². The highest BCUT2D eigenvalue weighted by Crippen LogP contribution is 2.44. The molecule has 24 rings (SSSR count). The summed E-state index contributed by atoms with van der Waals surface area (Å²) in [4.78, 5) is 0. The van der Waals surface area contributed by atoms with Crippen molar-refractivity contribution in [1.29, 1.82) is 0 Å². The third-order valence-corrected chi connectivity index (χ3v) is 22.9. The summed E-state index contributed by atoms with van der Waals surface area (Å²) in [7, 11) is 0. The Bertz CT molecular complexity index is 7440. The van der Waals surface area contributed by atoms with Crippen molar-refractivity contribution in [3.05, 3.63) is 419 Å². The number of furan rings is 3. The number of benzene rings is 18. The van der Waals surface area contributed by atoms with Gasteiger partial charge in [0.15, 0.2) is 0 Å². The summed E-state index contributed by atoms with van der Waals surface area (Å²) in [5, 5.41) is 14.6. The first-order chi connectivity index (χ1) is 56.5. The average molecular weight is 1460 g/mol. The zero-order chi connectivity index (χ0) is 75.2. The number of hydrogen-bond donors (Lipinski definition) is 0. The molecule has 18 aromatic carbocycles. The molecule has 534 valence electrons. The van der Waals surface area contributed by atoms with Crippen LogP contribution in [0.3, 0.4) is 0 Å². The fraction of sp³-hybridized carbons (Fsp3) is 0. The highest BCUT2D eigenvalue weighted by molar-refractivity contribution is 6.15. The maximum absolute atomic E-state index is 6.28. The van der Waals surface area contributed by atoms with Crippen LogP contribution in [0.5, 0.6) is 0 Å². The van der Waals surface area contributed by atoms with E-state index in [0.717, 1.165) is 99.2 Å². The van der Waals surface area contributed by atoms with Crippen LogP contribution in [0.1, 0.15) is 0 Å². The van der Waals surface area contributed by atoms with E-state index in [4.69, 9.17) is 13.3 Å². The SMILES string of the molecule is c1ccc(-n2c3ccccc3c3ccc(-c4ccc(-c5cccc6c5oc5ccccc56)cc4)cc32)cc1.c1ccc(-n2c3ccccc3c3ccc(-c4ccc(-c5cccc6c5oc5ccccc56)cc4)cc32)cc1.c1ccc2c(c1)oc1c(-c3ccc(-c4ccc(-n5c6ccccc6c6ccccc65)cc4)cc3)cccc12. The third-order valence-electron chi connectivity index (χ3n) is 22.9. The highest BCUT2D eigenvalue weighted by atomic mass is 16.3. The maximum Gasteiger partial charge on any atom is 0.143 e. The molecule has 0 amide bonds. The minimum absolute atomic E-state index is 0.925. The van der Waals surface area contributed by atoms with Crippen LogP contribution in [-0.2, 0) is 0 Å². The Balaban J connectivity index is 0.000000104. The van der Waals surface area contributed by atoms with Gasteiger partial charge >= 0.3 is 0 Å². The minimum atomic E-state index is 0.925. The summed E-state index contributed by atoms with van der Waals surface area (Å²) in [6.07, 6.45) is 0. The predicted molar refractivity (Wildman–Crippen MR) is 477 cm³/mol.